The number of benzene rings is 1. The van der Waals surface area contributed by atoms with E-state index < -0.39 is 9.84 Å². The van der Waals surface area contributed by atoms with Gasteiger partial charge in [0.05, 0.1) is 22.5 Å². The van der Waals surface area contributed by atoms with E-state index in [0.29, 0.717) is 0 Å². The summed E-state index contributed by atoms with van der Waals surface area (Å²) in [6.45, 7) is 1.94. The highest BCUT2D eigenvalue weighted by Crippen LogP contribution is 2.25. The number of rotatable bonds is 2. The highest BCUT2D eigenvalue weighted by molar-refractivity contribution is 8.15. The van der Waals surface area contributed by atoms with Crippen molar-refractivity contribution in [1.82, 2.24) is 5.43 Å². The zero-order chi connectivity index (χ0) is 14.2. The number of nitrogens with one attached hydrogen (secondary N) is 2. The van der Waals surface area contributed by atoms with E-state index in [0.717, 1.165) is 16.4 Å². The van der Waals surface area contributed by atoms with Crippen LogP contribution >= 0.6 is 11.8 Å². The van der Waals surface area contributed by atoms with Crippen molar-refractivity contribution >= 4 is 32.5 Å². The summed E-state index contributed by atoms with van der Waals surface area (Å²) in [5.74, 6) is 0.471. The summed E-state index contributed by atoms with van der Waals surface area (Å²) >= 11 is 1.53. The molecule has 2 aliphatic rings. The molecule has 8 heteroatoms. The van der Waals surface area contributed by atoms with E-state index in [2.05, 4.69) is 15.5 Å². The first-order valence-corrected chi connectivity index (χ1v) is 9.10. The number of hydrogen-bond donors (Lipinski definition) is 2. The van der Waals surface area contributed by atoms with Gasteiger partial charge in [-0.25, -0.2) is 8.42 Å². The maximum absolute atomic E-state index is 11.5. The van der Waals surface area contributed by atoms with Crippen LogP contribution in [0.5, 0.6) is 0 Å². The molecule has 1 fully saturated rings. The Morgan fingerprint density at radius 1 is 1.33 bits per heavy atom. The maximum atomic E-state index is 11.5. The molecule has 1 aromatic carbocycles. The lowest BCUT2D eigenvalue weighted by Crippen LogP contribution is -3.00. The molecule has 1 aromatic rings. The Balaban J connectivity index is 0.00000161. The fourth-order valence-corrected chi connectivity index (χ4v) is 6.05. The van der Waals surface area contributed by atoms with Gasteiger partial charge in [0.1, 0.15) is 6.04 Å². The summed E-state index contributed by atoms with van der Waals surface area (Å²) in [4.78, 5) is 3.20. The Bertz CT molecular complexity index is 674. The Hall–Kier alpha value is -0.860. The molecule has 2 heterocycles. The van der Waals surface area contributed by atoms with Gasteiger partial charge < -0.3 is 17.0 Å². The number of thioether (sulfide) groups is 1. The smallest absolute Gasteiger partial charge is 0.330 e. The molecule has 0 spiro atoms. The van der Waals surface area contributed by atoms with Gasteiger partial charge in [-0.15, -0.1) is 5.43 Å². The summed E-state index contributed by atoms with van der Waals surface area (Å²) in [5, 5.41) is 5.28. The third-order valence-electron chi connectivity index (χ3n) is 3.40. The molecule has 0 radical (unpaired) electrons. The van der Waals surface area contributed by atoms with Gasteiger partial charge in [-0.05, 0) is 24.2 Å². The van der Waals surface area contributed by atoms with Crippen LogP contribution in [0, 0.1) is 0 Å². The second kappa shape index (κ2) is 6.50. The predicted molar refractivity (Wildman–Crippen MR) is 81.6 cm³/mol. The summed E-state index contributed by atoms with van der Waals surface area (Å²) in [5.41, 5.74) is 4.95. The molecule has 5 nitrogen and oxygen atoms in total. The van der Waals surface area contributed by atoms with Gasteiger partial charge in [0.15, 0.2) is 9.84 Å². The van der Waals surface area contributed by atoms with Crippen LogP contribution in [0.2, 0.25) is 0 Å². The molecule has 114 valence electrons. The molecule has 2 atom stereocenters. The van der Waals surface area contributed by atoms with Crippen molar-refractivity contribution in [3.05, 3.63) is 35.9 Å². The van der Waals surface area contributed by atoms with Gasteiger partial charge >= 0.3 is 5.17 Å². The summed E-state index contributed by atoms with van der Waals surface area (Å²) in [6, 6.07) is 9.93. The minimum atomic E-state index is -2.86. The van der Waals surface area contributed by atoms with E-state index in [9.17, 15) is 8.42 Å². The van der Waals surface area contributed by atoms with E-state index in [4.69, 9.17) is 0 Å². The number of amidine groups is 1. The highest BCUT2D eigenvalue weighted by atomic mass is 79.9. The fraction of sp³-hybridized carbons (Fsp3) is 0.385. The molecule has 0 amide bonds. The Morgan fingerprint density at radius 3 is 2.71 bits per heavy atom. The van der Waals surface area contributed by atoms with Crippen LogP contribution in [0.1, 0.15) is 12.5 Å². The molecule has 2 unspecified atom stereocenters. The molecule has 0 aromatic heterocycles. The minimum Gasteiger partial charge on any atom is -1.00 e. The van der Waals surface area contributed by atoms with Crippen LogP contribution in [-0.2, 0) is 9.84 Å². The largest absolute Gasteiger partial charge is 1.00 e. The third kappa shape index (κ3) is 3.87. The van der Waals surface area contributed by atoms with Gasteiger partial charge in [-0.1, -0.05) is 35.4 Å². The normalized spacial score (nSPS) is 26.7. The fourth-order valence-electron chi connectivity index (χ4n) is 2.36. The standard InChI is InChI=1S/C13H15N3O2S2.BrH/c1-9(10-5-3-2-4-6-10)15-16-13-14-11-7-20(17,18)8-12(11)19-13;/h2-6,11-12H,7-8H2,1H3,(H,14,16);1H. The quantitative estimate of drug-likeness (QED) is 0.404. The topological polar surface area (TPSA) is 72.5 Å². The lowest BCUT2D eigenvalue weighted by Gasteiger charge is -1.99. The van der Waals surface area contributed by atoms with Crippen LogP contribution in [0.4, 0.5) is 0 Å². The number of sulfone groups is 1. The van der Waals surface area contributed by atoms with Gasteiger partial charge in [0.25, 0.3) is 0 Å². The zero-order valence-corrected chi connectivity index (χ0v) is 14.6. The van der Waals surface area contributed by atoms with Crippen molar-refractivity contribution in [1.29, 1.82) is 0 Å². The van der Waals surface area contributed by atoms with E-state index in [1.165, 1.54) is 11.8 Å². The molecule has 2 aliphatic heterocycles. The van der Waals surface area contributed by atoms with E-state index in [-0.39, 0.29) is 39.8 Å². The van der Waals surface area contributed by atoms with Gasteiger partial charge in [-0.2, -0.15) is 0 Å². The van der Waals surface area contributed by atoms with E-state index >= 15 is 0 Å². The summed E-state index contributed by atoms with van der Waals surface area (Å²) in [7, 11) is -2.86. The van der Waals surface area contributed by atoms with Gasteiger partial charge in [-0.3, -0.25) is 4.99 Å². The molecule has 2 N–H and O–H groups in total. The molecule has 21 heavy (non-hydrogen) atoms. The van der Waals surface area contributed by atoms with Crippen LogP contribution in [0.3, 0.4) is 0 Å². The maximum Gasteiger partial charge on any atom is 0.330 e. The average molecular weight is 390 g/mol. The van der Waals surface area contributed by atoms with Crippen molar-refractivity contribution in [2.24, 2.45) is 5.10 Å². The monoisotopic (exact) mass is 389 g/mol. The van der Waals surface area contributed by atoms with E-state index in [1.54, 1.807) is 0 Å². The molecule has 3 rings (SSSR count). The Kier molecular flexibility index (Phi) is 5.11. The lowest BCUT2D eigenvalue weighted by molar-refractivity contribution is -0.489. The van der Waals surface area contributed by atoms with E-state index in [1.807, 2.05) is 37.3 Å². The second-order valence-electron chi connectivity index (χ2n) is 4.99. The van der Waals surface area contributed by atoms with Gasteiger partial charge in [0, 0.05) is 0 Å². The first-order valence-electron chi connectivity index (χ1n) is 6.40. The van der Waals surface area contributed by atoms with Crippen LogP contribution in [0.25, 0.3) is 0 Å². The molecule has 0 aliphatic carbocycles. The average Bonchev–Trinajstić information content (AvgIpc) is 2.90. The first kappa shape index (κ1) is 16.5. The highest BCUT2D eigenvalue weighted by Gasteiger charge is 2.45. The van der Waals surface area contributed by atoms with Crippen LogP contribution in [0.15, 0.2) is 35.4 Å². The molecule has 0 bridgehead atoms. The Labute approximate surface area is 139 Å². The molecule has 0 saturated carbocycles. The van der Waals surface area contributed by atoms with Crippen LogP contribution in [-0.4, -0.2) is 42.1 Å². The zero-order valence-electron chi connectivity index (χ0n) is 11.4. The van der Waals surface area contributed by atoms with Crippen molar-refractivity contribution in [2.75, 3.05) is 11.5 Å². The first-order chi connectivity index (χ1) is 9.53. The SMILES string of the molecule is CC(=NNC1=[NH+]C2CS(=O)(=O)CC2S1)c1ccccc1.[Br-]. The minimum absolute atomic E-state index is 0. The molecule has 1 saturated heterocycles. The number of fused-ring (bicyclic) bond motifs is 1. The third-order valence-corrected chi connectivity index (χ3v) is 6.59. The van der Waals surface area contributed by atoms with Crippen molar-refractivity contribution in [3.8, 4) is 0 Å². The second-order valence-corrected chi connectivity index (χ2v) is 8.39. The number of halogens is 1. The van der Waals surface area contributed by atoms with Crippen LogP contribution < -0.4 is 27.4 Å². The lowest BCUT2D eigenvalue weighted by atomic mass is 10.1. The summed E-state index contributed by atoms with van der Waals surface area (Å²) in [6.07, 6.45) is 0. The van der Waals surface area contributed by atoms with Crippen molar-refractivity contribution < 1.29 is 30.4 Å². The number of hydrazone groups is 1. The van der Waals surface area contributed by atoms with Crippen molar-refractivity contribution in [2.45, 2.75) is 18.2 Å². The summed E-state index contributed by atoms with van der Waals surface area (Å²) < 4.78 is 23.0. The molecular formula is C13H16BrN3O2S2. The number of nitrogens with zero attached hydrogens (tertiary/aromatic N) is 1. The Morgan fingerprint density at radius 2 is 2.05 bits per heavy atom. The van der Waals surface area contributed by atoms with Crippen molar-refractivity contribution in [3.63, 3.8) is 0 Å². The van der Waals surface area contributed by atoms with Gasteiger partial charge in [0.2, 0.25) is 0 Å². The predicted octanol–water partition coefficient (Wildman–Crippen LogP) is -3.65. The molecular weight excluding hydrogens is 374 g/mol. The number of hydrogen-bond acceptors (Lipinski definition) is 5.